The van der Waals surface area contributed by atoms with Crippen LogP contribution in [0.4, 0.5) is 0 Å². The zero-order valence-electron chi connectivity index (χ0n) is 25.6. The molecule has 4 rings (SSSR count). The van der Waals surface area contributed by atoms with Crippen LogP contribution in [0, 0.1) is 34.0 Å². The zero-order valence-corrected chi connectivity index (χ0v) is 25.6. The van der Waals surface area contributed by atoms with Gasteiger partial charge in [-0.2, -0.15) is 10.2 Å². The smallest absolute Gasteiger partial charge is 0.0730 e. The highest BCUT2D eigenvalue weighted by atomic mass is 15.1. The zero-order chi connectivity index (χ0) is 27.4. The molecule has 204 valence electrons. The molecule has 0 N–H and O–H groups in total. The van der Waals surface area contributed by atoms with Gasteiger partial charge in [0.1, 0.15) is 0 Å². The Bertz CT molecular complexity index is 1100. The van der Waals surface area contributed by atoms with Crippen molar-refractivity contribution < 1.29 is 0 Å². The van der Waals surface area contributed by atoms with E-state index >= 15 is 0 Å². The maximum atomic E-state index is 5.09. The lowest BCUT2D eigenvalue weighted by molar-refractivity contribution is 0.0557. The van der Waals surface area contributed by atoms with E-state index in [-0.39, 0.29) is 21.7 Å². The fourth-order valence-electron chi connectivity index (χ4n) is 8.48. The Balaban J connectivity index is 1.73. The van der Waals surface area contributed by atoms with Gasteiger partial charge < -0.3 is 0 Å². The van der Waals surface area contributed by atoms with E-state index in [4.69, 9.17) is 20.2 Å². The van der Waals surface area contributed by atoms with Crippen molar-refractivity contribution in [3.05, 3.63) is 46.8 Å². The first kappa shape index (κ1) is 28.2. The van der Waals surface area contributed by atoms with Crippen molar-refractivity contribution in [1.82, 2.24) is 20.2 Å². The van der Waals surface area contributed by atoms with Crippen molar-refractivity contribution in [1.29, 1.82) is 0 Å². The second kappa shape index (κ2) is 9.72. The minimum Gasteiger partial charge on any atom is -0.258 e. The molecule has 4 atom stereocenters. The number of nitrogens with zero attached hydrogens (tertiary/aromatic N) is 4. The van der Waals surface area contributed by atoms with Gasteiger partial charge in [0.05, 0.1) is 22.8 Å². The van der Waals surface area contributed by atoms with Crippen LogP contribution in [0.15, 0.2) is 18.5 Å². The highest BCUT2D eigenvalue weighted by Crippen LogP contribution is 2.55. The van der Waals surface area contributed by atoms with Gasteiger partial charge in [0, 0.05) is 23.7 Å². The minimum atomic E-state index is -0.00539. The molecule has 0 saturated heterocycles. The summed E-state index contributed by atoms with van der Waals surface area (Å²) in [6.07, 6.45) is 10.3. The van der Waals surface area contributed by atoms with Gasteiger partial charge in [-0.25, -0.2) is 0 Å². The van der Waals surface area contributed by atoms with E-state index in [2.05, 4.69) is 82.2 Å². The molecule has 4 nitrogen and oxygen atoms in total. The lowest BCUT2D eigenvalue weighted by Gasteiger charge is -2.52. The van der Waals surface area contributed by atoms with Gasteiger partial charge in [0.2, 0.25) is 0 Å². The Morgan fingerprint density at radius 3 is 2.16 bits per heavy atom. The van der Waals surface area contributed by atoms with Crippen molar-refractivity contribution in [2.45, 2.75) is 126 Å². The lowest BCUT2D eigenvalue weighted by atomic mass is 9.52. The number of aryl methyl sites for hydroxylation is 2. The highest BCUT2D eigenvalue weighted by Gasteiger charge is 2.51. The maximum Gasteiger partial charge on any atom is 0.0730 e. The van der Waals surface area contributed by atoms with Crippen LogP contribution in [0.5, 0.6) is 0 Å². The summed E-state index contributed by atoms with van der Waals surface area (Å²) in [6, 6.07) is 2.42. The molecular weight excluding hydrogens is 452 g/mol. The monoisotopic (exact) mass is 504 g/mol. The number of fused-ring (bicyclic) bond motifs is 2. The van der Waals surface area contributed by atoms with E-state index in [1.165, 1.54) is 35.5 Å². The average Bonchev–Trinajstić information content (AvgIpc) is 2.80. The van der Waals surface area contributed by atoms with Crippen LogP contribution in [0.1, 0.15) is 130 Å². The third-order valence-electron chi connectivity index (χ3n) is 10.1. The molecule has 37 heavy (non-hydrogen) atoms. The van der Waals surface area contributed by atoms with Gasteiger partial charge >= 0.3 is 0 Å². The maximum absolute atomic E-state index is 5.09. The summed E-state index contributed by atoms with van der Waals surface area (Å²) in [6.45, 7) is 26.4. The Morgan fingerprint density at radius 1 is 0.892 bits per heavy atom. The fraction of sp³-hybridized carbons (Fsp3) is 0.758. The Hall–Kier alpha value is -1.84. The van der Waals surface area contributed by atoms with E-state index < -0.39 is 0 Å². The Labute approximate surface area is 226 Å². The molecule has 0 aliphatic heterocycles. The van der Waals surface area contributed by atoms with E-state index in [1.807, 2.05) is 12.4 Å². The standard InChI is InChI=1S/C33H52N4/c1-12-33(21(2)3)26(31(7,8)9)16-13-22-19-23(36-37-29(22)33)20-32(10,11)27-24(30(4,5)6)14-15-25-28(27)35-18-17-34-25/h17-19,21,24,26-27H,12-16,20H2,1-11H3. The average molecular weight is 505 g/mol. The molecule has 2 heterocycles. The summed E-state index contributed by atoms with van der Waals surface area (Å²) < 4.78 is 0. The van der Waals surface area contributed by atoms with Crippen LogP contribution in [0.2, 0.25) is 0 Å². The van der Waals surface area contributed by atoms with E-state index in [0.717, 1.165) is 31.4 Å². The number of rotatable bonds is 5. The fourth-order valence-corrected chi connectivity index (χ4v) is 8.48. The quantitative estimate of drug-likeness (QED) is 0.412. The van der Waals surface area contributed by atoms with Gasteiger partial charge in [-0.15, -0.1) is 0 Å². The highest BCUT2D eigenvalue weighted by molar-refractivity contribution is 5.35. The second-order valence-electron chi connectivity index (χ2n) is 15.3. The molecule has 2 aromatic heterocycles. The largest absolute Gasteiger partial charge is 0.258 e. The molecule has 0 aromatic carbocycles. The summed E-state index contributed by atoms with van der Waals surface area (Å²) in [7, 11) is 0. The first-order valence-electron chi connectivity index (χ1n) is 14.8. The molecule has 2 aliphatic carbocycles. The van der Waals surface area contributed by atoms with Crippen LogP contribution in [-0.4, -0.2) is 20.2 Å². The van der Waals surface area contributed by atoms with Crippen LogP contribution >= 0.6 is 0 Å². The predicted octanol–water partition coefficient (Wildman–Crippen LogP) is 8.14. The molecule has 0 saturated carbocycles. The molecule has 0 amide bonds. The summed E-state index contributed by atoms with van der Waals surface area (Å²) in [5.74, 6) is 2.04. The normalized spacial score (nSPS) is 26.6. The molecular formula is C33H52N4. The predicted molar refractivity (Wildman–Crippen MR) is 154 cm³/mol. The van der Waals surface area contributed by atoms with Crippen LogP contribution < -0.4 is 0 Å². The number of hydrogen-bond acceptors (Lipinski definition) is 4. The van der Waals surface area contributed by atoms with Gasteiger partial charge in [-0.3, -0.25) is 9.97 Å². The summed E-state index contributed by atoms with van der Waals surface area (Å²) in [5, 5.41) is 10.1. The molecule has 2 aliphatic rings. The van der Waals surface area contributed by atoms with Crippen molar-refractivity contribution >= 4 is 0 Å². The third kappa shape index (κ3) is 4.99. The van der Waals surface area contributed by atoms with Crippen molar-refractivity contribution in [2.24, 2.45) is 34.0 Å². The first-order chi connectivity index (χ1) is 17.1. The van der Waals surface area contributed by atoms with Gasteiger partial charge in [-0.1, -0.05) is 76.2 Å². The summed E-state index contributed by atoms with van der Waals surface area (Å²) in [4.78, 5) is 9.67. The lowest BCUT2D eigenvalue weighted by Crippen LogP contribution is -2.49. The number of hydrogen-bond donors (Lipinski definition) is 0. The molecule has 0 spiro atoms. The SMILES string of the molecule is CCC1(C(C)C)c2nnc(CC(C)(C)C3c4nccnc4CCC3C(C)(C)C)cc2CCC1C(C)(C)C. The van der Waals surface area contributed by atoms with Gasteiger partial charge in [0.25, 0.3) is 0 Å². The Kier molecular flexibility index (Phi) is 7.40. The summed E-state index contributed by atoms with van der Waals surface area (Å²) >= 11 is 0. The summed E-state index contributed by atoms with van der Waals surface area (Å²) in [5.41, 5.74) is 6.79. The molecule has 4 heteroatoms. The first-order valence-corrected chi connectivity index (χ1v) is 14.8. The molecule has 2 aromatic rings. The number of aromatic nitrogens is 4. The van der Waals surface area contributed by atoms with Gasteiger partial charge in [0.15, 0.2) is 0 Å². The third-order valence-corrected chi connectivity index (χ3v) is 10.1. The Morgan fingerprint density at radius 2 is 1.57 bits per heavy atom. The molecule has 0 fully saturated rings. The molecule has 4 unspecified atom stereocenters. The van der Waals surface area contributed by atoms with Crippen molar-refractivity contribution in [3.8, 4) is 0 Å². The topological polar surface area (TPSA) is 51.6 Å². The second-order valence-corrected chi connectivity index (χ2v) is 15.3. The van der Waals surface area contributed by atoms with Crippen LogP contribution in [0.3, 0.4) is 0 Å². The van der Waals surface area contributed by atoms with Crippen LogP contribution in [0.25, 0.3) is 0 Å². The van der Waals surface area contributed by atoms with Crippen molar-refractivity contribution in [2.75, 3.05) is 0 Å². The van der Waals surface area contributed by atoms with Gasteiger partial charge in [-0.05, 0) is 84.2 Å². The minimum absolute atomic E-state index is 0.00539. The van der Waals surface area contributed by atoms with Crippen LogP contribution in [-0.2, 0) is 24.7 Å². The van der Waals surface area contributed by atoms with E-state index in [9.17, 15) is 0 Å². The van der Waals surface area contributed by atoms with E-state index in [0.29, 0.717) is 23.7 Å². The van der Waals surface area contributed by atoms with Crippen molar-refractivity contribution in [3.63, 3.8) is 0 Å². The molecule has 0 bridgehead atoms. The molecule has 0 radical (unpaired) electrons. The van der Waals surface area contributed by atoms with E-state index in [1.54, 1.807) is 0 Å².